The minimum Gasteiger partial charge on any atom is -0.381 e. The van der Waals surface area contributed by atoms with E-state index in [1.807, 2.05) is 0 Å². The highest BCUT2D eigenvalue weighted by atomic mass is 19.4. The zero-order valence-corrected chi connectivity index (χ0v) is 5.98. The second-order valence-corrected chi connectivity index (χ2v) is 2.15. The summed E-state index contributed by atoms with van der Waals surface area (Å²) in [6.45, 7) is 1.40. The molecule has 2 radical (unpaired) electrons. The van der Waals surface area contributed by atoms with Gasteiger partial charge in [0, 0.05) is 0 Å². The molecule has 0 bridgehead atoms. The molecule has 11 heavy (non-hydrogen) atoms. The van der Waals surface area contributed by atoms with Gasteiger partial charge in [0.05, 0.1) is 0 Å². The minimum atomic E-state index is -4.51. The van der Waals surface area contributed by atoms with Crippen LogP contribution in [0.2, 0.25) is 1.41 Å². The van der Waals surface area contributed by atoms with Gasteiger partial charge in [0.1, 0.15) is 1.41 Å². The van der Waals surface area contributed by atoms with Gasteiger partial charge >= 0.3 is 6.18 Å². The zero-order chi connectivity index (χ0) is 10.6. The number of halogens is 4. The Bertz CT molecular complexity index is 108. The molecule has 0 saturated heterocycles. The Labute approximate surface area is 64.4 Å². The van der Waals surface area contributed by atoms with Crippen molar-refractivity contribution < 1.29 is 24.2 Å². The van der Waals surface area contributed by atoms with Crippen LogP contribution in [0.25, 0.3) is 0 Å². The van der Waals surface area contributed by atoms with Crippen molar-refractivity contribution in [1.82, 2.24) is 5.44 Å². The molecular formula is C4H8BF4NO. The van der Waals surface area contributed by atoms with Gasteiger partial charge in [-0.1, -0.05) is 0 Å². The molecule has 0 saturated carbocycles. The van der Waals surface area contributed by atoms with E-state index in [0.29, 0.717) is 13.8 Å². The van der Waals surface area contributed by atoms with Gasteiger partial charge in [-0.15, -0.1) is 0 Å². The average Bonchev–Trinajstić information content (AvgIpc) is 1.55. The smallest absolute Gasteiger partial charge is 0.381 e. The molecule has 0 atom stereocenters. The Hall–Kier alpha value is -0.295. The molecule has 0 unspecified atom stereocenters. The molecule has 0 aliphatic carbocycles. The fraction of sp³-hybridized carbons (Fsp3) is 1.00. The van der Waals surface area contributed by atoms with Crippen LogP contribution < -0.4 is 5.44 Å². The van der Waals surface area contributed by atoms with E-state index in [0.717, 1.165) is 0 Å². The zero-order valence-electron chi connectivity index (χ0n) is 6.98. The third-order valence-corrected chi connectivity index (χ3v) is 0.694. The molecule has 0 aliphatic heterocycles. The van der Waals surface area contributed by atoms with E-state index in [-0.39, 0.29) is 0 Å². The monoisotopic (exact) mass is 175 g/mol. The average molecular weight is 175 g/mol. The first-order chi connectivity index (χ1) is 4.98. The highest BCUT2D eigenvalue weighted by Crippen LogP contribution is 2.28. The van der Waals surface area contributed by atoms with Gasteiger partial charge in [-0.25, -0.2) is 5.44 Å². The lowest BCUT2D eigenvalue weighted by Gasteiger charge is -2.20. The van der Waals surface area contributed by atoms with E-state index in [1.165, 1.54) is 0 Å². The van der Waals surface area contributed by atoms with Gasteiger partial charge in [-0.3, -0.25) is 0 Å². The minimum absolute atomic E-state index is 0.701. The maximum atomic E-state index is 11.3. The Balaban J connectivity index is 0. The molecule has 0 fully saturated rings. The standard InChI is InChI=1S/C4H7F3O.BFHN/c1-3(2,8)4(5,6)7;1-3-2/h8H,1-2H3;3H/i;3T. The topological polar surface area (TPSA) is 32.3 Å². The van der Waals surface area contributed by atoms with Crippen molar-refractivity contribution in [3.8, 4) is 0 Å². The van der Waals surface area contributed by atoms with Gasteiger partial charge in [-0.2, -0.15) is 17.7 Å². The summed E-state index contributed by atoms with van der Waals surface area (Å²) >= 11 is 0. The van der Waals surface area contributed by atoms with Crippen LogP contribution in [-0.2, 0) is 0 Å². The summed E-state index contributed by atoms with van der Waals surface area (Å²) in [5.41, 5.74) is -3.31. The second kappa shape index (κ2) is 4.56. The molecule has 0 heterocycles. The van der Waals surface area contributed by atoms with Crippen LogP contribution in [0.4, 0.5) is 17.7 Å². The van der Waals surface area contributed by atoms with E-state index < -0.39 is 17.2 Å². The highest BCUT2D eigenvalue weighted by molar-refractivity contribution is 6.03. The Morgan fingerprint density at radius 3 is 1.55 bits per heavy atom. The summed E-state index contributed by atoms with van der Waals surface area (Å²) < 4.78 is 49.7. The molecule has 0 spiro atoms. The van der Waals surface area contributed by atoms with Crippen molar-refractivity contribution in [1.29, 1.82) is 0 Å². The summed E-state index contributed by atoms with van der Waals surface area (Å²) in [5.74, 6) is 0. The fourth-order valence-electron chi connectivity index (χ4n) is 0. The number of hydrogen-bond acceptors (Lipinski definition) is 2. The van der Waals surface area contributed by atoms with Crippen LogP contribution in [-0.4, -0.2) is 24.9 Å². The van der Waals surface area contributed by atoms with Crippen molar-refractivity contribution >= 4 is 7.98 Å². The number of rotatable bonds is 0. The lowest BCUT2D eigenvalue weighted by Crippen LogP contribution is -2.38. The van der Waals surface area contributed by atoms with Gasteiger partial charge in [0.15, 0.2) is 5.60 Å². The van der Waals surface area contributed by atoms with E-state index >= 15 is 0 Å². The molecule has 2 N–H and O–H groups in total. The normalized spacial score (nSPS) is 13.6. The highest BCUT2D eigenvalue weighted by Gasteiger charge is 2.45. The molecule has 0 aromatic rings. The summed E-state index contributed by atoms with van der Waals surface area (Å²) in [6, 6.07) is 0. The summed E-state index contributed by atoms with van der Waals surface area (Å²) in [4.78, 5) is 0. The van der Waals surface area contributed by atoms with E-state index in [9.17, 15) is 17.7 Å². The maximum Gasteiger partial charge on any atom is 0.416 e. The van der Waals surface area contributed by atoms with E-state index in [4.69, 9.17) is 6.52 Å². The molecule has 0 amide bonds. The Morgan fingerprint density at radius 1 is 1.45 bits per heavy atom. The summed E-state index contributed by atoms with van der Waals surface area (Å²) in [6.07, 6.45) is -4.51. The molecule has 0 aromatic carbocycles. The van der Waals surface area contributed by atoms with Crippen molar-refractivity contribution in [3.63, 3.8) is 0 Å². The first kappa shape index (κ1) is 10.7. The molecule has 0 rings (SSSR count). The number of hydrogen-bond donors (Lipinski definition) is 2. The molecule has 0 aromatic heterocycles. The molecule has 2 nitrogen and oxygen atoms in total. The van der Waals surface area contributed by atoms with Crippen LogP contribution in [0.15, 0.2) is 0 Å². The van der Waals surface area contributed by atoms with Crippen molar-refractivity contribution in [3.05, 3.63) is 0 Å². The third-order valence-electron chi connectivity index (χ3n) is 0.694. The predicted octanol–water partition coefficient (Wildman–Crippen LogP) is 0.864. The van der Waals surface area contributed by atoms with Crippen LogP contribution in [0.5, 0.6) is 0 Å². The Kier molecular flexibility index (Phi) is 4.43. The van der Waals surface area contributed by atoms with Crippen molar-refractivity contribution in [2.24, 2.45) is 0 Å². The summed E-state index contributed by atoms with van der Waals surface area (Å²) in [5, 5.41) is 8.23. The number of nitrogens with one attached hydrogen (secondary N) is 1. The number of alkyl halides is 3. The lowest BCUT2D eigenvalue weighted by molar-refractivity contribution is -0.245. The first-order valence-electron chi connectivity index (χ1n) is 2.91. The molecule has 7 heteroatoms. The van der Waals surface area contributed by atoms with Crippen molar-refractivity contribution in [2.75, 3.05) is 0 Å². The molecule has 66 valence electrons. The van der Waals surface area contributed by atoms with E-state index in [1.54, 1.807) is 0 Å². The maximum absolute atomic E-state index is 11.3. The SMILES string of the molecule is CC(C)(O)C(F)(F)F.[3H]N([B])F. The molecular weight excluding hydrogens is 165 g/mol. The van der Waals surface area contributed by atoms with Crippen LogP contribution >= 0.6 is 0 Å². The quantitative estimate of drug-likeness (QED) is 0.325. The third kappa shape index (κ3) is 7.60. The largest absolute Gasteiger partial charge is 0.416 e. The van der Waals surface area contributed by atoms with Gasteiger partial charge in [0.25, 0.3) is 0 Å². The van der Waals surface area contributed by atoms with Crippen molar-refractivity contribution in [2.45, 2.75) is 25.6 Å². The van der Waals surface area contributed by atoms with Crippen LogP contribution in [0.3, 0.4) is 0 Å². The summed E-state index contributed by atoms with van der Waals surface area (Å²) in [7, 11) is 3.94. The first-order valence-corrected chi connectivity index (χ1v) is 2.47. The number of aliphatic hydroxyl groups is 1. The lowest BCUT2D eigenvalue weighted by atomic mass is 10.1. The van der Waals surface area contributed by atoms with E-state index in [2.05, 4.69) is 7.98 Å². The van der Waals surface area contributed by atoms with Gasteiger partial charge in [0.2, 0.25) is 7.98 Å². The Morgan fingerprint density at radius 2 is 1.55 bits per heavy atom. The van der Waals surface area contributed by atoms with Gasteiger partial charge in [-0.05, 0) is 13.8 Å². The molecule has 0 aliphatic rings. The second-order valence-electron chi connectivity index (χ2n) is 2.15. The fourth-order valence-corrected chi connectivity index (χ4v) is 0. The predicted molar refractivity (Wildman–Crippen MR) is 32.4 cm³/mol. The van der Waals surface area contributed by atoms with Crippen LogP contribution in [0, 0.1) is 0 Å². The van der Waals surface area contributed by atoms with Crippen LogP contribution in [0.1, 0.15) is 13.8 Å². The van der Waals surface area contributed by atoms with Gasteiger partial charge < -0.3 is 5.11 Å².